The van der Waals surface area contributed by atoms with Crippen molar-refractivity contribution in [2.24, 2.45) is 0 Å². The zero-order valence-corrected chi connectivity index (χ0v) is 15.9. The topological polar surface area (TPSA) is 3.24 Å². The summed E-state index contributed by atoms with van der Waals surface area (Å²) in [6.45, 7) is 4.66. The lowest BCUT2D eigenvalue weighted by atomic mass is 10.1. The smallest absolute Gasteiger partial charge is 0.0616 e. The molecule has 0 spiro atoms. The molecule has 25 heavy (non-hydrogen) atoms. The molecule has 0 aliphatic heterocycles. The van der Waals surface area contributed by atoms with Crippen LogP contribution in [0.2, 0.25) is 0 Å². The van der Waals surface area contributed by atoms with Crippen LogP contribution in [-0.2, 0) is 13.1 Å². The number of hydrogen-bond acceptors (Lipinski definition) is 2. The second-order valence-corrected chi connectivity index (χ2v) is 6.44. The molecule has 2 rings (SSSR count). The summed E-state index contributed by atoms with van der Waals surface area (Å²) in [7, 11) is 0. The number of rotatable bonds is 6. The van der Waals surface area contributed by atoms with E-state index in [4.69, 9.17) is 0 Å². The zero-order chi connectivity index (χ0) is 17.7. The fraction of sp³-hybridized carbons (Fsp3) is 0.304. The van der Waals surface area contributed by atoms with Gasteiger partial charge in [0.05, 0.1) is 6.54 Å². The third-order valence-electron chi connectivity index (χ3n) is 3.74. The Bertz CT molecular complexity index is 759. The molecule has 2 heteroatoms. The van der Waals surface area contributed by atoms with E-state index >= 15 is 0 Å². The van der Waals surface area contributed by atoms with E-state index in [9.17, 15) is 0 Å². The summed E-state index contributed by atoms with van der Waals surface area (Å²) in [6.07, 6.45) is 4.05. The highest BCUT2D eigenvalue weighted by molar-refractivity contribution is 8.03. The molecule has 0 aliphatic rings. The van der Waals surface area contributed by atoms with Crippen molar-refractivity contribution < 1.29 is 0 Å². The van der Waals surface area contributed by atoms with E-state index in [1.807, 2.05) is 6.26 Å². The van der Waals surface area contributed by atoms with Gasteiger partial charge in [0.15, 0.2) is 0 Å². The highest BCUT2D eigenvalue weighted by atomic mass is 32.2. The third-order valence-corrected chi connectivity index (χ3v) is 4.08. The average Bonchev–Trinajstić information content (AvgIpc) is 2.64. The lowest BCUT2D eigenvalue weighted by molar-refractivity contribution is 0.290. The summed E-state index contributed by atoms with van der Waals surface area (Å²) in [6, 6.07) is 19.0. The van der Waals surface area contributed by atoms with E-state index in [-0.39, 0.29) is 0 Å². The Hall–Kier alpha value is -2.13. The summed E-state index contributed by atoms with van der Waals surface area (Å²) in [5.74, 6) is 9.85. The van der Waals surface area contributed by atoms with Crippen LogP contribution in [0, 0.1) is 23.0 Å². The van der Waals surface area contributed by atoms with Gasteiger partial charge in [0, 0.05) is 25.1 Å². The first-order chi connectivity index (χ1) is 12.3. The normalized spacial score (nSPS) is 9.88. The predicted octanol–water partition coefficient (Wildman–Crippen LogP) is 5.16. The van der Waals surface area contributed by atoms with Crippen molar-refractivity contribution in [2.75, 3.05) is 12.8 Å². The molecular weight excluding hydrogens is 322 g/mol. The predicted molar refractivity (Wildman–Crippen MR) is 110 cm³/mol. The minimum atomic E-state index is 0.756. The molecule has 128 valence electrons. The molecule has 0 atom stereocenters. The molecule has 2 aromatic rings. The van der Waals surface area contributed by atoms with Crippen LogP contribution in [0.5, 0.6) is 0 Å². The molecule has 0 fully saturated rings. The molecule has 0 N–H and O–H groups in total. The van der Waals surface area contributed by atoms with Gasteiger partial charge in [0.25, 0.3) is 0 Å². The minimum Gasteiger partial charge on any atom is -0.284 e. The Balaban J connectivity index is 2.17. The van der Waals surface area contributed by atoms with Crippen molar-refractivity contribution >= 4 is 11.8 Å². The van der Waals surface area contributed by atoms with Gasteiger partial charge in [0.2, 0.25) is 0 Å². The lowest BCUT2D eigenvalue weighted by Crippen LogP contribution is -2.23. The van der Waals surface area contributed by atoms with Crippen LogP contribution in [-0.4, -0.2) is 17.7 Å². The van der Waals surface area contributed by atoms with Crippen LogP contribution in [0.1, 0.15) is 36.5 Å². The van der Waals surface area contributed by atoms with Crippen molar-refractivity contribution in [1.82, 2.24) is 4.90 Å². The second kappa shape index (κ2) is 11.4. The van der Waals surface area contributed by atoms with Gasteiger partial charge in [-0.15, -0.1) is 0 Å². The van der Waals surface area contributed by atoms with Crippen molar-refractivity contribution in [2.45, 2.75) is 32.9 Å². The highest BCUT2D eigenvalue weighted by Gasteiger charge is 2.08. The van der Waals surface area contributed by atoms with Crippen molar-refractivity contribution in [3.63, 3.8) is 0 Å². The van der Waals surface area contributed by atoms with Gasteiger partial charge in [-0.2, -0.15) is 0 Å². The summed E-state index contributed by atoms with van der Waals surface area (Å²) in [5.41, 5.74) is 3.71. The number of hydrogen-bond donors (Lipinski definition) is 0. The van der Waals surface area contributed by atoms with Crippen LogP contribution in [0.4, 0.5) is 0 Å². The maximum Gasteiger partial charge on any atom is 0.0616 e. The Morgan fingerprint density at radius 3 is 2.44 bits per heavy atom. The largest absolute Gasteiger partial charge is 0.284 e. The van der Waals surface area contributed by atoms with Gasteiger partial charge in [-0.05, 0) is 35.1 Å². The third kappa shape index (κ3) is 7.10. The van der Waals surface area contributed by atoms with E-state index < -0.39 is 0 Å². The molecule has 0 amide bonds. The van der Waals surface area contributed by atoms with Crippen molar-refractivity contribution in [1.29, 1.82) is 0 Å². The molecular formula is C23H25NS. The molecule has 0 bridgehead atoms. The molecule has 0 aliphatic carbocycles. The molecule has 0 radical (unpaired) electrons. The molecule has 2 aromatic carbocycles. The van der Waals surface area contributed by atoms with E-state index in [1.54, 1.807) is 11.8 Å². The van der Waals surface area contributed by atoms with Crippen LogP contribution < -0.4 is 0 Å². The van der Waals surface area contributed by atoms with Gasteiger partial charge < -0.3 is 0 Å². The highest BCUT2D eigenvalue weighted by Crippen LogP contribution is 2.13. The maximum atomic E-state index is 3.33. The number of thioether (sulfide) groups is 1. The van der Waals surface area contributed by atoms with Crippen molar-refractivity contribution in [3.05, 3.63) is 71.3 Å². The molecule has 0 saturated carbocycles. The summed E-state index contributed by atoms with van der Waals surface area (Å²) in [4.78, 5) is 2.37. The minimum absolute atomic E-state index is 0.756. The van der Waals surface area contributed by atoms with Crippen LogP contribution in [0.25, 0.3) is 0 Å². The first kappa shape index (κ1) is 19.2. The van der Waals surface area contributed by atoms with Crippen LogP contribution in [0.3, 0.4) is 0 Å². The fourth-order valence-electron chi connectivity index (χ4n) is 2.53. The Morgan fingerprint density at radius 1 is 0.920 bits per heavy atom. The SMILES string of the molecule is CCCC#Cc1ccccc1CN(CC#CSC)Cc1ccccc1. The fourth-order valence-corrected chi connectivity index (χ4v) is 2.74. The van der Waals surface area contributed by atoms with Crippen LogP contribution in [0.15, 0.2) is 54.6 Å². The number of unbranched alkanes of at least 4 members (excludes halogenated alkanes) is 1. The van der Waals surface area contributed by atoms with Crippen molar-refractivity contribution in [3.8, 4) is 23.0 Å². The molecule has 1 nitrogen and oxygen atoms in total. The van der Waals surface area contributed by atoms with Crippen LogP contribution >= 0.6 is 11.8 Å². The molecule has 0 saturated heterocycles. The van der Waals surface area contributed by atoms with E-state index in [1.165, 1.54) is 11.1 Å². The van der Waals surface area contributed by atoms with Gasteiger partial charge in [-0.1, -0.05) is 85.0 Å². The Morgan fingerprint density at radius 2 is 1.68 bits per heavy atom. The van der Waals surface area contributed by atoms with Gasteiger partial charge >= 0.3 is 0 Å². The number of benzene rings is 2. The van der Waals surface area contributed by atoms with E-state index in [0.29, 0.717) is 0 Å². The number of nitrogens with zero attached hydrogens (tertiary/aromatic N) is 1. The lowest BCUT2D eigenvalue weighted by Gasteiger charge is -2.21. The Kier molecular flexibility index (Phi) is 8.78. The zero-order valence-electron chi connectivity index (χ0n) is 15.1. The molecule has 0 unspecified atom stereocenters. The summed E-state index contributed by atoms with van der Waals surface area (Å²) in [5, 5.41) is 3.10. The first-order valence-corrected chi connectivity index (χ1v) is 9.90. The quantitative estimate of drug-likeness (QED) is 0.664. The maximum absolute atomic E-state index is 3.33. The van der Waals surface area contributed by atoms with E-state index in [0.717, 1.165) is 38.0 Å². The van der Waals surface area contributed by atoms with Gasteiger partial charge in [-0.25, -0.2) is 0 Å². The van der Waals surface area contributed by atoms with E-state index in [2.05, 4.69) is 89.4 Å². The standard InChI is InChI=1S/C23H25NS/c1-3-4-6-14-22-15-9-10-16-23(22)20-24(17-11-18-25-2)19-21-12-7-5-8-13-21/h5,7-10,12-13,15-16H,3-4,17,19-20H2,1-2H3. The summed E-state index contributed by atoms with van der Waals surface area (Å²) >= 11 is 1.56. The second-order valence-electron chi connectivity index (χ2n) is 5.82. The molecule has 0 heterocycles. The van der Waals surface area contributed by atoms with Gasteiger partial charge in [-0.3, -0.25) is 4.90 Å². The van der Waals surface area contributed by atoms with Gasteiger partial charge in [0.1, 0.15) is 0 Å². The summed E-state index contributed by atoms with van der Waals surface area (Å²) < 4.78 is 0. The molecule has 0 aromatic heterocycles. The Labute approximate surface area is 156 Å². The average molecular weight is 348 g/mol. The monoisotopic (exact) mass is 347 g/mol. The first-order valence-electron chi connectivity index (χ1n) is 8.67.